The van der Waals surface area contributed by atoms with Crippen molar-refractivity contribution >= 4 is 23.5 Å². The molecular formula is C24H40N4O5S. The molecule has 34 heavy (non-hydrogen) atoms. The molecular weight excluding hydrogens is 456 g/mol. The van der Waals surface area contributed by atoms with Crippen molar-refractivity contribution < 1.29 is 23.8 Å². The third-order valence-corrected chi connectivity index (χ3v) is 7.52. The van der Waals surface area contributed by atoms with E-state index in [1.807, 2.05) is 23.4 Å². The summed E-state index contributed by atoms with van der Waals surface area (Å²) in [6.07, 6.45) is 4.47. The number of carbonyl (C=O) groups is 2. The Morgan fingerprint density at radius 1 is 1.29 bits per heavy atom. The van der Waals surface area contributed by atoms with Gasteiger partial charge in [-0.1, -0.05) is 6.07 Å². The Bertz CT molecular complexity index is 729. The fraction of sp³-hybridized carbons (Fsp3) is 0.750. The number of methoxy groups -OCH3 is 1. The van der Waals surface area contributed by atoms with Crippen LogP contribution in [-0.2, 0) is 14.2 Å². The van der Waals surface area contributed by atoms with Crippen LogP contribution in [0.3, 0.4) is 0 Å². The van der Waals surface area contributed by atoms with Gasteiger partial charge in [-0.15, -0.1) is 11.3 Å². The number of piperidine rings is 1. The molecule has 0 radical (unpaired) electrons. The lowest BCUT2D eigenvalue weighted by molar-refractivity contribution is -0.00655. The van der Waals surface area contributed by atoms with Crippen molar-refractivity contribution in [1.82, 2.24) is 20.9 Å². The lowest BCUT2D eigenvalue weighted by atomic mass is 9.91. The predicted octanol–water partition coefficient (Wildman–Crippen LogP) is 2.99. The number of rotatable bonds is 11. The van der Waals surface area contributed by atoms with Gasteiger partial charge in [0.15, 0.2) is 0 Å². The summed E-state index contributed by atoms with van der Waals surface area (Å²) in [6.45, 7) is 4.57. The summed E-state index contributed by atoms with van der Waals surface area (Å²) < 4.78 is 16.3. The molecule has 9 nitrogen and oxygen atoms in total. The van der Waals surface area contributed by atoms with Gasteiger partial charge in [0.05, 0.1) is 19.8 Å². The van der Waals surface area contributed by atoms with Crippen molar-refractivity contribution in [3.8, 4) is 0 Å². The summed E-state index contributed by atoms with van der Waals surface area (Å²) in [5, 5.41) is 11.2. The van der Waals surface area contributed by atoms with Crippen LogP contribution in [0.1, 0.15) is 43.1 Å². The topological polar surface area (TPSA) is 101 Å². The van der Waals surface area contributed by atoms with Crippen molar-refractivity contribution in [1.29, 1.82) is 0 Å². The molecule has 0 spiro atoms. The Kier molecular flexibility index (Phi) is 11.4. The second kappa shape index (κ2) is 14.5. The lowest BCUT2D eigenvalue weighted by Gasteiger charge is -2.37. The minimum Gasteiger partial charge on any atom is -0.453 e. The van der Waals surface area contributed by atoms with Gasteiger partial charge in [-0.3, -0.25) is 0 Å². The van der Waals surface area contributed by atoms with E-state index < -0.39 is 6.09 Å². The number of likely N-dealkylation sites (N-methyl/N-ethyl adjacent to an activating group) is 1. The monoisotopic (exact) mass is 496 g/mol. The number of thiophene rings is 1. The van der Waals surface area contributed by atoms with Crippen molar-refractivity contribution in [3.63, 3.8) is 0 Å². The van der Waals surface area contributed by atoms with Crippen LogP contribution in [0.15, 0.2) is 17.5 Å². The van der Waals surface area contributed by atoms with Crippen LogP contribution >= 0.6 is 11.3 Å². The molecule has 192 valence electrons. The number of alkyl carbamates (subject to hydrolysis) is 1. The van der Waals surface area contributed by atoms with Crippen molar-refractivity contribution in [2.45, 2.75) is 44.2 Å². The van der Waals surface area contributed by atoms with Gasteiger partial charge >= 0.3 is 12.1 Å². The van der Waals surface area contributed by atoms with E-state index >= 15 is 0 Å². The number of carbonyl (C=O) groups excluding carboxylic acids is 2. The second-order valence-electron chi connectivity index (χ2n) is 9.07. The Morgan fingerprint density at radius 2 is 2.12 bits per heavy atom. The standard InChI is InChI=1S/C24H40N4O5S/c1-25-16-20(15-18-7-11-32-12-8-18)27-23(29)28-10-3-5-19(17-28)22(21-6-4-14-34-21)33-13-9-26-24(30)31-2/h4,6,14,18-20,22,25H,3,5,7-13,15-17H2,1-2H3,(H,26,30)(H,27,29)/t19-,20+,22+/m1/s1. The third-order valence-electron chi connectivity index (χ3n) is 6.59. The molecule has 1 aromatic heterocycles. The van der Waals surface area contributed by atoms with Gasteiger partial charge in [-0.25, -0.2) is 9.59 Å². The molecule has 0 bridgehead atoms. The highest BCUT2D eigenvalue weighted by atomic mass is 32.1. The van der Waals surface area contributed by atoms with Crippen LogP contribution in [-0.4, -0.2) is 83.2 Å². The average Bonchev–Trinajstić information content (AvgIpc) is 3.39. The minimum absolute atomic E-state index is 0.00861. The molecule has 3 atom stereocenters. The van der Waals surface area contributed by atoms with Gasteiger partial charge in [-0.05, 0) is 56.5 Å². The summed E-state index contributed by atoms with van der Waals surface area (Å²) in [7, 11) is 3.27. The fourth-order valence-corrected chi connectivity index (χ4v) is 5.71. The summed E-state index contributed by atoms with van der Waals surface area (Å²) in [5.41, 5.74) is 0. The Hall–Kier alpha value is -1.88. The number of nitrogens with one attached hydrogen (secondary N) is 3. The molecule has 1 aromatic rings. The van der Waals surface area contributed by atoms with Crippen LogP contribution in [0.4, 0.5) is 9.59 Å². The van der Waals surface area contributed by atoms with Crippen LogP contribution in [0.25, 0.3) is 0 Å². The SMILES string of the molecule is CNC[C@H](CC1CCOCC1)NC(=O)N1CCC[C@@H]([C@H](OCCNC(=O)OC)c2cccs2)C1. The molecule has 3 heterocycles. The van der Waals surface area contributed by atoms with E-state index in [0.717, 1.165) is 63.3 Å². The number of amides is 3. The zero-order valence-electron chi connectivity index (χ0n) is 20.4. The number of likely N-dealkylation sites (tertiary alicyclic amines) is 1. The molecule has 2 saturated heterocycles. The first kappa shape index (κ1) is 26.7. The number of urea groups is 1. The maximum absolute atomic E-state index is 13.2. The van der Waals surface area contributed by atoms with E-state index in [-0.39, 0.29) is 24.1 Å². The fourth-order valence-electron chi connectivity index (χ4n) is 4.85. The molecule has 0 saturated carbocycles. The highest BCUT2D eigenvalue weighted by Gasteiger charge is 2.32. The van der Waals surface area contributed by atoms with Crippen molar-refractivity contribution in [2.75, 3.05) is 60.2 Å². The zero-order valence-corrected chi connectivity index (χ0v) is 21.2. The van der Waals surface area contributed by atoms with Gasteiger partial charge in [0.25, 0.3) is 0 Å². The Labute approximate surface area is 206 Å². The van der Waals surface area contributed by atoms with Crippen LogP contribution < -0.4 is 16.0 Å². The van der Waals surface area contributed by atoms with E-state index in [1.54, 1.807) is 11.3 Å². The predicted molar refractivity (Wildman–Crippen MR) is 132 cm³/mol. The molecule has 3 amide bonds. The van der Waals surface area contributed by atoms with E-state index in [2.05, 4.69) is 26.8 Å². The minimum atomic E-state index is -0.464. The van der Waals surface area contributed by atoms with Crippen LogP contribution in [0, 0.1) is 11.8 Å². The van der Waals surface area contributed by atoms with E-state index in [9.17, 15) is 9.59 Å². The highest BCUT2D eigenvalue weighted by Crippen LogP contribution is 2.35. The maximum atomic E-state index is 13.2. The van der Waals surface area contributed by atoms with E-state index in [4.69, 9.17) is 9.47 Å². The summed E-state index contributed by atoms with van der Waals surface area (Å²) in [4.78, 5) is 27.6. The molecule has 2 aliphatic rings. The van der Waals surface area contributed by atoms with Gasteiger partial charge in [-0.2, -0.15) is 0 Å². The molecule has 0 aliphatic carbocycles. The van der Waals surface area contributed by atoms with E-state index in [0.29, 0.717) is 25.6 Å². The van der Waals surface area contributed by atoms with Gasteiger partial charge in [0.1, 0.15) is 0 Å². The maximum Gasteiger partial charge on any atom is 0.406 e. The quantitative estimate of drug-likeness (QED) is 0.407. The first-order chi connectivity index (χ1) is 16.6. The zero-order chi connectivity index (χ0) is 24.2. The highest BCUT2D eigenvalue weighted by molar-refractivity contribution is 7.10. The lowest BCUT2D eigenvalue weighted by Crippen LogP contribution is -2.52. The Morgan fingerprint density at radius 3 is 2.82 bits per heavy atom. The molecule has 3 rings (SSSR count). The molecule has 10 heteroatoms. The number of hydrogen-bond donors (Lipinski definition) is 3. The largest absolute Gasteiger partial charge is 0.453 e. The van der Waals surface area contributed by atoms with Crippen LogP contribution in [0.2, 0.25) is 0 Å². The summed E-state index contributed by atoms with van der Waals surface area (Å²) in [6, 6.07) is 4.22. The molecule has 0 unspecified atom stereocenters. The number of nitrogens with zero attached hydrogens (tertiary/aromatic N) is 1. The second-order valence-corrected chi connectivity index (χ2v) is 10.0. The first-order valence-electron chi connectivity index (χ1n) is 12.3. The first-order valence-corrected chi connectivity index (χ1v) is 13.2. The summed E-state index contributed by atoms with van der Waals surface area (Å²) in [5.74, 6) is 0.797. The number of ether oxygens (including phenoxy) is 3. The normalized spacial score (nSPS) is 21.0. The van der Waals surface area contributed by atoms with Gasteiger partial charge < -0.3 is 35.1 Å². The third kappa shape index (κ3) is 8.41. The Balaban J connectivity index is 1.55. The summed E-state index contributed by atoms with van der Waals surface area (Å²) >= 11 is 1.67. The average molecular weight is 497 g/mol. The van der Waals surface area contributed by atoms with Gasteiger partial charge in [0.2, 0.25) is 0 Å². The van der Waals surface area contributed by atoms with Crippen molar-refractivity contribution in [2.24, 2.45) is 11.8 Å². The van der Waals surface area contributed by atoms with Gasteiger partial charge in [0, 0.05) is 56.2 Å². The van der Waals surface area contributed by atoms with E-state index in [1.165, 1.54) is 7.11 Å². The smallest absolute Gasteiger partial charge is 0.406 e. The molecule has 3 N–H and O–H groups in total. The van der Waals surface area contributed by atoms with Crippen molar-refractivity contribution in [3.05, 3.63) is 22.4 Å². The molecule has 0 aromatic carbocycles. The van der Waals surface area contributed by atoms with Crippen LogP contribution in [0.5, 0.6) is 0 Å². The molecule has 2 aliphatic heterocycles. The molecule has 2 fully saturated rings. The number of hydrogen-bond acceptors (Lipinski definition) is 7.